The Bertz CT molecular complexity index is 296. The fourth-order valence-corrected chi connectivity index (χ4v) is 1.10. The molecular formula is C14H23N. The first-order chi connectivity index (χ1) is 6.91. The van der Waals surface area contributed by atoms with E-state index in [0.717, 1.165) is 5.70 Å². The first-order valence-electron chi connectivity index (χ1n) is 5.42. The molecule has 84 valence electrons. The monoisotopic (exact) mass is 205 g/mol. The summed E-state index contributed by atoms with van der Waals surface area (Å²) in [5.74, 6) is 0. The van der Waals surface area contributed by atoms with E-state index in [1.165, 1.54) is 5.57 Å². The highest BCUT2D eigenvalue weighted by Gasteiger charge is 2.15. The van der Waals surface area contributed by atoms with Gasteiger partial charge in [0.25, 0.3) is 0 Å². The molecule has 0 aromatic rings. The highest BCUT2D eigenvalue weighted by Crippen LogP contribution is 2.27. The minimum absolute atomic E-state index is 0.0948. The molecule has 0 aromatic heterocycles. The molecule has 15 heavy (non-hydrogen) atoms. The van der Waals surface area contributed by atoms with Crippen molar-refractivity contribution in [3.05, 3.63) is 35.6 Å². The van der Waals surface area contributed by atoms with Crippen molar-refractivity contribution in [2.45, 2.75) is 41.5 Å². The highest BCUT2D eigenvalue weighted by molar-refractivity contribution is 5.56. The van der Waals surface area contributed by atoms with Crippen LogP contribution in [0.4, 0.5) is 0 Å². The quantitative estimate of drug-likeness (QED) is 0.474. The SMILES string of the molecule is CC=N\C(=C/C(C)=C/C=C\C)C(C)(C)C. The van der Waals surface area contributed by atoms with E-state index in [2.05, 4.69) is 44.8 Å². The molecule has 0 aliphatic rings. The third-order valence-corrected chi connectivity index (χ3v) is 1.95. The van der Waals surface area contributed by atoms with Gasteiger partial charge in [0, 0.05) is 17.3 Å². The van der Waals surface area contributed by atoms with Crippen molar-refractivity contribution >= 4 is 6.21 Å². The summed E-state index contributed by atoms with van der Waals surface area (Å²) < 4.78 is 0. The molecule has 0 atom stereocenters. The summed E-state index contributed by atoms with van der Waals surface area (Å²) in [6, 6.07) is 0. The average Bonchev–Trinajstić information content (AvgIpc) is 2.12. The van der Waals surface area contributed by atoms with E-state index >= 15 is 0 Å². The maximum atomic E-state index is 4.41. The summed E-state index contributed by atoms with van der Waals surface area (Å²) >= 11 is 0. The second-order valence-corrected chi connectivity index (χ2v) is 4.60. The molecule has 0 N–H and O–H groups in total. The van der Waals surface area contributed by atoms with Crippen molar-refractivity contribution in [3.63, 3.8) is 0 Å². The van der Waals surface area contributed by atoms with Gasteiger partial charge < -0.3 is 0 Å². The van der Waals surface area contributed by atoms with Gasteiger partial charge in [0.1, 0.15) is 0 Å². The van der Waals surface area contributed by atoms with Crippen LogP contribution in [0.2, 0.25) is 0 Å². The van der Waals surface area contributed by atoms with Gasteiger partial charge >= 0.3 is 0 Å². The second-order valence-electron chi connectivity index (χ2n) is 4.60. The van der Waals surface area contributed by atoms with Crippen LogP contribution in [0.3, 0.4) is 0 Å². The summed E-state index contributed by atoms with van der Waals surface area (Å²) in [5.41, 5.74) is 2.43. The Morgan fingerprint density at radius 2 is 1.73 bits per heavy atom. The first kappa shape index (κ1) is 13.9. The molecule has 0 aliphatic carbocycles. The Balaban J connectivity index is 5.01. The molecule has 0 bridgehead atoms. The van der Waals surface area contributed by atoms with E-state index in [4.69, 9.17) is 0 Å². The van der Waals surface area contributed by atoms with Crippen LogP contribution < -0.4 is 0 Å². The largest absolute Gasteiger partial charge is 0.265 e. The van der Waals surface area contributed by atoms with E-state index < -0.39 is 0 Å². The molecule has 0 saturated heterocycles. The molecule has 0 heterocycles. The summed E-state index contributed by atoms with van der Waals surface area (Å²) in [6.45, 7) is 12.6. The second kappa shape index (κ2) is 6.39. The lowest BCUT2D eigenvalue weighted by molar-refractivity contribution is 0.498. The zero-order valence-electron chi connectivity index (χ0n) is 10.8. The minimum atomic E-state index is 0.0948. The lowest BCUT2D eigenvalue weighted by Crippen LogP contribution is -2.07. The number of hydrogen-bond donors (Lipinski definition) is 0. The Hall–Kier alpha value is -1.11. The molecule has 0 amide bonds. The van der Waals surface area contributed by atoms with Crippen LogP contribution in [0.15, 0.2) is 40.6 Å². The van der Waals surface area contributed by atoms with E-state index in [9.17, 15) is 0 Å². The molecule has 0 aliphatic heterocycles. The highest BCUT2D eigenvalue weighted by atomic mass is 14.7. The number of rotatable bonds is 3. The lowest BCUT2D eigenvalue weighted by Gasteiger charge is -2.19. The lowest BCUT2D eigenvalue weighted by atomic mass is 9.91. The molecule has 1 heteroatoms. The summed E-state index contributed by atoms with van der Waals surface area (Å²) in [5, 5.41) is 0. The van der Waals surface area contributed by atoms with Gasteiger partial charge in [0.2, 0.25) is 0 Å². The molecule has 0 unspecified atom stereocenters. The van der Waals surface area contributed by atoms with Gasteiger partial charge in [-0.2, -0.15) is 0 Å². The zero-order valence-corrected chi connectivity index (χ0v) is 10.8. The third kappa shape index (κ3) is 6.05. The van der Waals surface area contributed by atoms with Crippen molar-refractivity contribution in [2.75, 3.05) is 0 Å². The van der Waals surface area contributed by atoms with Gasteiger partial charge in [-0.3, -0.25) is 4.99 Å². The van der Waals surface area contributed by atoms with Crippen LogP contribution in [-0.4, -0.2) is 6.21 Å². The maximum Gasteiger partial charge on any atom is 0.0455 e. The van der Waals surface area contributed by atoms with Crippen LogP contribution in [0.5, 0.6) is 0 Å². The van der Waals surface area contributed by atoms with Gasteiger partial charge in [-0.1, -0.05) is 39.0 Å². The zero-order chi connectivity index (χ0) is 11.9. The van der Waals surface area contributed by atoms with Crippen molar-refractivity contribution in [3.8, 4) is 0 Å². The van der Waals surface area contributed by atoms with Crippen molar-refractivity contribution < 1.29 is 0 Å². The van der Waals surface area contributed by atoms with Gasteiger partial charge in [0.15, 0.2) is 0 Å². The normalized spacial score (nSPS) is 15.6. The minimum Gasteiger partial charge on any atom is -0.265 e. The summed E-state index contributed by atoms with van der Waals surface area (Å²) in [4.78, 5) is 4.41. The number of allylic oxidation sites excluding steroid dienone is 6. The third-order valence-electron chi connectivity index (χ3n) is 1.95. The average molecular weight is 205 g/mol. The maximum absolute atomic E-state index is 4.41. The van der Waals surface area contributed by atoms with E-state index in [-0.39, 0.29) is 5.41 Å². The number of nitrogens with zero attached hydrogens (tertiary/aromatic N) is 1. The van der Waals surface area contributed by atoms with Gasteiger partial charge in [0.05, 0.1) is 0 Å². The molecule has 0 rings (SSSR count). The fraction of sp³-hybridized carbons (Fsp3) is 0.500. The standard InChI is InChI=1S/C14H23N/c1-7-9-10-12(3)11-13(15-8-2)14(4,5)6/h7-11H,1-6H3/b9-7-,12-10+,13-11-,15-8?. The molecule has 1 nitrogen and oxygen atoms in total. The van der Waals surface area contributed by atoms with Crippen LogP contribution in [0.1, 0.15) is 41.5 Å². The summed E-state index contributed by atoms with van der Waals surface area (Å²) in [7, 11) is 0. The molecular weight excluding hydrogens is 182 g/mol. The van der Waals surface area contributed by atoms with Gasteiger partial charge in [-0.25, -0.2) is 0 Å². The van der Waals surface area contributed by atoms with Crippen molar-refractivity contribution in [2.24, 2.45) is 10.4 Å². The Morgan fingerprint density at radius 3 is 2.13 bits per heavy atom. The molecule has 0 fully saturated rings. The van der Waals surface area contributed by atoms with Crippen LogP contribution in [-0.2, 0) is 0 Å². The molecule has 0 aromatic carbocycles. The van der Waals surface area contributed by atoms with Crippen LogP contribution >= 0.6 is 0 Å². The topological polar surface area (TPSA) is 12.4 Å². The van der Waals surface area contributed by atoms with E-state index in [1.807, 2.05) is 32.2 Å². The van der Waals surface area contributed by atoms with Crippen molar-refractivity contribution in [1.82, 2.24) is 0 Å². The number of aliphatic imine (C=N–C) groups is 1. The van der Waals surface area contributed by atoms with Gasteiger partial charge in [-0.15, -0.1) is 0 Å². The first-order valence-corrected chi connectivity index (χ1v) is 5.42. The molecule has 0 saturated carbocycles. The Labute approximate surface area is 94.3 Å². The Morgan fingerprint density at radius 1 is 1.13 bits per heavy atom. The smallest absolute Gasteiger partial charge is 0.0455 e. The van der Waals surface area contributed by atoms with E-state index in [1.54, 1.807) is 0 Å². The predicted molar refractivity (Wildman–Crippen MR) is 70.3 cm³/mol. The van der Waals surface area contributed by atoms with E-state index in [0.29, 0.717) is 0 Å². The van der Waals surface area contributed by atoms with Crippen LogP contribution in [0.25, 0.3) is 0 Å². The molecule has 0 radical (unpaired) electrons. The number of hydrogen-bond acceptors (Lipinski definition) is 1. The van der Waals surface area contributed by atoms with Gasteiger partial charge in [-0.05, 0) is 32.4 Å². The summed E-state index contributed by atoms with van der Waals surface area (Å²) in [6.07, 6.45) is 10.1. The van der Waals surface area contributed by atoms with Crippen molar-refractivity contribution in [1.29, 1.82) is 0 Å². The predicted octanol–water partition coefficient (Wildman–Crippen LogP) is 4.53. The fourth-order valence-electron chi connectivity index (χ4n) is 1.10. The molecule has 0 spiro atoms. The van der Waals surface area contributed by atoms with Crippen LogP contribution in [0, 0.1) is 5.41 Å². The Kier molecular flexibility index (Phi) is 5.92.